The van der Waals surface area contributed by atoms with Crippen molar-refractivity contribution < 1.29 is 27.1 Å². The van der Waals surface area contributed by atoms with Crippen LogP contribution >= 0.6 is 0 Å². The Kier molecular flexibility index (Phi) is 7.39. The van der Waals surface area contributed by atoms with Crippen LogP contribution in [0.15, 0.2) is 47.4 Å². The lowest BCUT2D eigenvalue weighted by Crippen LogP contribution is -2.52. The smallest absolute Gasteiger partial charge is 0.246 e. The van der Waals surface area contributed by atoms with Gasteiger partial charge in [0, 0.05) is 37.8 Å². The molecule has 2 aliphatic rings. The summed E-state index contributed by atoms with van der Waals surface area (Å²) in [6.07, 6.45) is 1.87. The molecular weight excluding hydrogens is 461 g/mol. The molecule has 0 aliphatic carbocycles. The van der Waals surface area contributed by atoms with Gasteiger partial charge >= 0.3 is 0 Å². The molecule has 10 heteroatoms. The molecule has 8 nitrogen and oxygen atoms in total. The summed E-state index contributed by atoms with van der Waals surface area (Å²) in [4.78, 5) is 16.6. The summed E-state index contributed by atoms with van der Waals surface area (Å²) < 4.78 is 51.9. The van der Waals surface area contributed by atoms with E-state index in [0.717, 1.165) is 42.5 Å². The minimum atomic E-state index is -3.94. The molecule has 4 rings (SSSR count). The van der Waals surface area contributed by atoms with Gasteiger partial charge in [-0.1, -0.05) is 12.1 Å². The summed E-state index contributed by atoms with van der Waals surface area (Å²) in [6.45, 7) is 1.84. The molecule has 2 heterocycles. The van der Waals surface area contributed by atoms with Crippen molar-refractivity contribution in [2.45, 2.75) is 23.8 Å². The van der Waals surface area contributed by atoms with Crippen LogP contribution in [-0.4, -0.2) is 81.9 Å². The number of hydrogen-bond acceptors (Lipinski definition) is 6. The van der Waals surface area contributed by atoms with Crippen LogP contribution in [0.5, 0.6) is 11.5 Å². The Morgan fingerprint density at radius 1 is 1.03 bits per heavy atom. The molecule has 0 bridgehead atoms. The van der Waals surface area contributed by atoms with Crippen molar-refractivity contribution in [3.8, 4) is 11.5 Å². The van der Waals surface area contributed by atoms with E-state index in [4.69, 9.17) is 9.47 Å². The molecule has 0 spiro atoms. The van der Waals surface area contributed by atoms with Gasteiger partial charge in [-0.25, -0.2) is 12.8 Å². The SMILES string of the molecule is COc1ccc(OC)c(C2CCCN2CC(=O)N2CCN(S(=O)(=O)c3ccccc3F)CC2)c1. The molecule has 1 amide bonds. The molecule has 184 valence electrons. The number of nitrogens with zero attached hydrogens (tertiary/aromatic N) is 3. The normalized spacial score (nSPS) is 19.9. The number of amides is 1. The highest BCUT2D eigenvalue weighted by atomic mass is 32.2. The number of methoxy groups -OCH3 is 2. The lowest BCUT2D eigenvalue weighted by molar-refractivity contribution is -0.133. The summed E-state index contributed by atoms with van der Waals surface area (Å²) in [5.41, 5.74) is 0.993. The van der Waals surface area contributed by atoms with Crippen LogP contribution in [0.1, 0.15) is 24.4 Å². The number of benzene rings is 2. The fourth-order valence-electron chi connectivity index (χ4n) is 4.71. The minimum Gasteiger partial charge on any atom is -0.497 e. The molecule has 0 aromatic heterocycles. The van der Waals surface area contributed by atoms with Gasteiger partial charge in [-0.3, -0.25) is 9.69 Å². The van der Waals surface area contributed by atoms with Crippen molar-refractivity contribution in [3.63, 3.8) is 0 Å². The van der Waals surface area contributed by atoms with Crippen LogP contribution in [0.3, 0.4) is 0 Å². The van der Waals surface area contributed by atoms with E-state index in [9.17, 15) is 17.6 Å². The summed E-state index contributed by atoms with van der Waals surface area (Å²) >= 11 is 0. The molecule has 1 unspecified atom stereocenters. The second-order valence-corrected chi connectivity index (χ2v) is 10.4. The Morgan fingerprint density at radius 2 is 1.76 bits per heavy atom. The molecule has 2 aliphatic heterocycles. The zero-order chi connectivity index (χ0) is 24.3. The molecule has 2 fully saturated rings. The van der Waals surface area contributed by atoms with Crippen LogP contribution in [0.2, 0.25) is 0 Å². The minimum absolute atomic E-state index is 0.0386. The number of likely N-dealkylation sites (tertiary alicyclic amines) is 1. The number of ether oxygens (including phenoxy) is 2. The van der Waals surface area contributed by atoms with E-state index in [1.807, 2.05) is 18.2 Å². The van der Waals surface area contributed by atoms with Crippen molar-refractivity contribution in [1.29, 1.82) is 0 Å². The fourth-order valence-corrected chi connectivity index (χ4v) is 6.20. The first-order valence-corrected chi connectivity index (χ1v) is 12.8. The van der Waals surface area contributed by atoms with Gasteiger partial charge in [-0.05, 0) is 49.7 Å². The standard InChI is InChI=1S/C24H30FN3O5S/c1-32-18-9-10-22(33-2)19(16-18)21-7-5-11-27(21)17-24(29)26-12-14-28(15-13-26)34(30,31)23-8-4-3-6-20(23)25/h3-4,6,8-10,16,21H,5,7,11-15,17H2,1-2H3. The lowest BCUT2D eigenvalue weighted by atomic mass is 10.0. The number of carbonyl (C=O) groups is 1. The van der Waals surface area contributed by atoms with Crippen LogP contribution in [0.4, 0.5) is 4.39 Å². The quantitative estimate of drug-likeness (QED) is 0.592. The summed E-state index contributed by atoms with van der Waals surface area (Å²) in [7, 11) is -0.691. The van der Waals surface area contributed by atoms with Crippen molar-refractivity contribution in [3.05, 3.63) is 53.8 Å². The predicted octanol–water partition coefficient (Wildman–Crippen LogP) is 2.51. The van der Waals surface area contributed by atoms with E-state index in [0.29, 0.717) is 0 Å². The van der Waals surface area contributed by atoms with Crippen molar-refractivity contribution >= 4 is 15.9 Å². The highest BCUT2D eigenvalue weighted by Crippen LogP contribution is 2.38. The largest absolute Gasteiger partial charge is 0.497 e. The molecule has 2 aromatic rings. The van der Waals surface area contributed by atoms with E-state index < -0.39 is 15.8 Å². The Hall–Kier alpha value is -2.69. The van der Waals surface area contributed by atoms with Gasteiger partial charge in [0.2, 0.25) is 15.9 Å². The average molecular weight is 492 g/mol. The summed E-state index contributed by atoms with van der Waals surface area (Å²) in [5, 5.41) is 0. The summed E-state index contributed by atoms with van der Waals surface area (Å²) in [6, 6.07) is 11.1. The van der Waals surface area contributed by atoms with Gasteiger partial charge in [-0.2, -0.15) is 4.31 Å². The first-order chi connectivity index (χ1) is 16.3. The van der Waals surface area contributed by atoms with Gasteiger partial charge in [0.1, 0.15) is 22.2 Å². The van der Waals surface area contributed by atoms with Gasteiger partial charge in [0.25, 0.3) is 0 Å². The molecule has 1 atom stereocenters. The first kappa shape index (κ1) is 24.4. The Morgan fingerprint density at radius 3 is 2.44 bits per heavy atom. The van der Waals surface area contributed by atoms with Crippen molar-refractivity contribution in [2.75, 3.05) is 53.5 Å². The Labute approximate surface area is 199 Å². The van der Waals surface area contributed by atoms with Crippen LogP contribution in [0, 0.1) is 5.82 Å². The van der Waals surface area contributed by atoms with Crippen LogP contribution in [0.25, 0.3) is 0 Å². The van der Waals surface area contributed by atoms with E-state index in [2.05, 4.69) is 4.90 Å². The van der Waals surface area contributed by atoms with E-state index in [-0.39, 0.29) is 49.6 Å². The molecule has 34 heavy (non-hydrogen) atoms. The highest BCUT2D eigenvalue weighted by Gasteiger charge is 2.34. The molecular formula is C24H30FN3O5S. The van der Waals surface area contributed by atoms with Gasteiger partial charge in [0.05, 0.1) is 20.8 Å². The molecule has 0 N–H and O–H groups in total. The topological polar surface area (TPSA) is 79.4 Å². The number of carbonyl (C=O) groups excluding carboxylic acids is 1. The van der Waals surface area contributed by atoms with Crippen LogP contribution < -0.4 is 9.47 Å². The zero-order valence-corrected chi connectivity index (χ0v) is 20.3. The molecule has 2 aromatic carbocycles. The third-order valence-electron chi connectivity index (χ3n) is 6.54. The second-order valence-electron chi connectivity index (χ2n) is 8.45. The van der Waals surface area contributed by atoms with Gasteiger partial charge in [-0.15, -0.1) is 0 Å². The van der Waals surface area contributed by atoms with Gasteiger partial charge in [0.15, 0.2) is 0 Å². The maximum Gasteiger partial charge on any atom is 0.246 e. The van der Waals surface area contributed by atoms with Crippen LogP contribution in [-0.2, 0) is 14.8 Å². The number of piperazine rings is 1. The fraction of sp³-hybridized carbons (Fsp3) is 0.458. The molecule has 0 radical (unpaired) electrons. The van der Waals surface area contributed by atoms with E-state index in [1.165, 1.54) is 22.5 Å². The number of halogens is 1. The Bertz CT molecular complexity index is 1140. The van der Waals surface area contributed by atoms with Crippen molar-refractivity contribution in [2.24, 2.45) is 0 Å². The maximum atomic E-state index is 14.1. The monoisotopic (exact) mass is 491 g/mol. The predicted molar refractivity (Wildman–Crippen MR) is 125 cm³/mol. The average Bonchev–Trinajstić information content (AvgIpc) is 3.31. The molecule has 0 saturated carbocycles. The zero-order valence-electron chi connectivity index (χ0n) is 19.4. The molecule has 2 saturated heterocycles. The Balaban J connectivity index is 1.40. The van der Waals surface area contributed by atoms with Gasteiger partial charge < -0.3 is 14.4 Å². The maximum absolute atomic E-state index is 14.1. The lowest BCUT2D eigenvalue weighted by Gasteiger charge is -2.35. The van der Waals surface area contributed by atoms with Crippen molar-refractivity contribution in [1.82, 2.24) is 14.1 Å². The third kappa shape index (κ3) is 4.89. The summed E-state index contributed by atoms with van der Waals surface area (Å²) in [5.74, 6) is 0.684. The van der Waals surface area contributed by atoms with E-state index >= 15 is 0 Å². The number of rotatable bonds is 7. The first-order valence-electron chi connectivity index (χ1n) is 11.3. The number of sulfonamides is 1. The highest BCUT2D eigenvalue weighted by molar-refractivity contribution is 7.89. The third-order valence-corrected chi connectivity index (χ3v) is 8.48. The van der Waals surface area contributed by atoms with E-state index in [1.54, 1.807) is 19.1 Å². The number of hydrogen-bond donors (Lipinski definition) is 0. The second kappa shape index (κ2) is 10.3.